The number of carbonyl (C=O) groups is 1. The van der Waals surface area contributed by atoms with Gasteiger partial charge in [0.1, 0.15) is 6.61 Å². The number of esters is 1. The van der Waals surface area contributed by atoms with E-state index in [1.54, 1.807) is 11.8 Å². The molecule has 3 nitrogen and oxygen atoms in total. The molecule has 2 rings (SSSR count). The molecule has 0 saturated carbocycles. The maximum absolute atomic E-state index is 12.0. The Balaban J connectivity index is 1.85. The van der Waals surface area contributed by atoms with E-state index in [0.29, 0.717) is 12.5 Å². The van der Waals surface area contributed by atoms with Crippen LogP contribution in [0.5, 0.6) is 0 Å². The van der Waals surface area contributed by atoms with Gasteiger partial charge < -0.3 is 4.74 Å². The Kier molecular flexibility index (Phi) is 5.65. The van der Waals surface area contributed by atoms with Crippen LogP contribution in [-0.4, -0.2) is 22.8 Å². The lowest BCUT2D eigenvalue weighted by atomic mass is 10.1. The third-order valence-electron chi connectivity index (χ3n) is 3.31. The predicted molar refractivity (Wildman–Crippen MR) is 84.0 cm³/mol. The Morgan fingerprint density at radius 1 is 1.45 bits per heavy atom. The summed E-state index contributed by atoms with van der Waals surface area (Å²) in [6.07, 6.45) is 2.27. The van der Waals surface area contributed by atoms with Crippen molar-refractivity contribution in [3.63, 3.8) is 0 Å². The van der Waals surface area contributed by atoms with Gasteiger partial charge in [-0.2, -0.15) is 0 Å². The second-order valence-corrected chi connectivity index (χ2v) is 6.12. The molecule has 0 N–H and O–H groups in total. The fourth-order valence-electron chi connectivity index (χ4n) is 2.16. The Hall–Kier alpha value is -1.29. The Morgan fingerprint density at radius 3 is 2.90 bits per heavy atom. The monoisotopic (exact) mass is 291 g/mol. The minimum absolute atomic E-state index is 0.208. The standard InChI is InChI=1S/C16H21NO2S/c1-3-7-12(2)15-17-14(11-20-15)16(18)19-10-13-8-5-4-6-9-13/h4-6,8-9,12,14H,3,7,10-11H2,1-2H3. The largest absolute Gasteiger partial charge is 0.459 e. The number of benzene rings is 1. The molecule has 0 saturated heterocycles. The van der Waals surface area contributed by atoms with Crippen LogP contribution in [0.1, 0.15) is 32.3 Å². The molecule has 20 heavy (non-hydrogen) atoms. The molecule has 1 aromatic carbocycles. The summed E-state index contributed by atoms with van der Waals surface area (Å²) < 4.78 is 5.34. The highest BCUT2D eigenvalue weighted by atomic mass is 32.2. The second-order valence-electron chi connectivity index (χ2n) is 5.08. The minimum atomic E-state index is -0.321. The van der Waals surface area contributed by atoms with Crippen LogP contribution in [0.15, 0.2) is 35.3 Å². The first kappa shape index (κ1) is 15.1. The van der Waals surface area contributed by atoms with E-state index >= 15 is 0 Å². The van der Waals surface area contributed by atoms with Crippen molar-refractivity contribution in [2.45, 2.75) is 39.3 Å². The van der Waals surface area contributed by atoms with Crippen molar-refractivity contribution >= 4 is 22.8 Å². The van der Waals surface area contributed by atoms with Crippen molar-refractivity contribution in [3.8, 4) is 0 Å². The predicted octanol–water partition coefficient (Wildman–Crippen LogP) is 3.68. The van der Waals surface area contributed by atoms with Crippen molar-refractivity contribution in [2.75, 3.05) is 5.75 Å². The number of hydrogen-bond acceptors (Lipinski definition) is 4. The van der Waals surface area contributed by atoms with E-state index in [1.165, 1.54) is 0 Å². The van der Waals surface area contributed by atoms with Crippen molar-refractivity contribution < 1.29 is 9.53 Å². The molecule has 2 atom stereocenters. The fourth-order valence-corrected chi connectivity index (χ4v) is 3.31. The third kappa shape index (κ3) is 4.10. The molecule has 1 aliphatic rings. The molecule has 0 bridgehead atoms. The summed E-state index contributed by atoms with van der Waals surface area (Å²) in [6.45, 7) is 4.67. The quantitative estimate of drug-likeness (QED) is 0.750. The topological polar surface area (TPSA) is 38.7 Å². The fraction of sp³-hybridized carbons (Fsp3) is 0.500. The van der Waals surface area contributed by atoms with Gasteiger partial charge in [-0.3, -0.25) is 4.99 Å². The lowest BCUT2D eigenvalue weighted by Gasteiger charge is -2.08. The van der Waals surface area contributed by atoms with Gasteiger partial charge in [-0.05, 0) is 12.0 Å². The van der Waals surface area contributed by atoms with E-state index in [2.05, 4.69) is 18.8 Å². The van der Waals surface area contributed by atoms with Crippen molar-refractivity contribution in [2.24, 2.45) is 10.9 Å². The number of aliphatic imine (C=N–C) groups is 1. The van der Waals surface area contributed by atoms with Gasteiger partial charge in [-0.1, -0.05) is 50.6 Å². The van der Waals surface area contributed by atoms with Crippen molar-refractivity contribution in [1.82, 2.24) is 0 Å². The molecule has 2 unspecified atom stereocenters. The summed E-state index contributed by atoms with van der Waals surface area (Å²) in [5.41, 5.74) is 1.01. The van der Waals surface area contributed by atoms with Crippen LogP contribution in [0.3, 0.4) is 0 Å². The summed E-state index contributed by atoms with van der Waals surface area (Å²) in [6, 6.07) is 9.42. The molecule has 0 radical (unpaired) electrons. The van der Waals surface area contributed by atoms with E-state index in [-0.39, 0.29) is 12.0 Å². The lowest BCUT2D eigenvalue weighted by molar-refractivity contribution is -0.145. The molecule has 1 heterocycles. The minimum Gasteiger partial charge on any atom is -0.459 e. The zero-order chi connectivity index (χ0) is 14.4. The Labute approximate surface area is 124 Å². The number of rotatable bonds is 6. The van der Waals surface area contributed by atoms with Gasteiger partial charge in [-0.25, -0.2) is 4.79 Å². The van der Waals surface area contributed by atoms with Gasteiger partial charge in [0, 0.05) is 11.7 Å². The molecular formula is C16H21NO2S. The highest BCUT2D eigenvalue weighted by molar-refractivity contribution is 8.14. The average Bonchev–Trinajstić information content (AvgIpc) is 2.96. The maximum Gasteiger partial charge on any atom is 0.332 e. The summed E-state index contributed by atoms with van der Waals surface area (Å²) >= 11 is 1.70. The Bertz CT molecular complexity index is 473. The maximum atomic E-state index is 12.0. The molecule has 0 fully saturated rings. The van der Waals surface area contributed by atoms with Crippen LogP contribution in [0.2, 0.25) is 0 Å². The summed E-state index contributed by atoms with van der Waals surface area (Å²) in [5.74, 6) is 0.966. The summed E-state index contributed by atoms with van der Waals surface area (Å²) in [4.78, 5) is 16.5. The molecule has 1 aliphatic heterocycles. The number of nitrogens with zero attached hydrogens (tertiary/aromatic N) is 1. The van der Waals surface area contributed by atoms with Gasteiger partial charge in [0.15, 0.2) is 6.04 Å². The molecule has 1 aromatic rings. The lowest BCUT2D eigenvalue weighted by Crippen LogP contribution is -2.21. The number of hydrogen-bond donors (Lipinski definition) is 0. The van der Waals surface area contributed by atoms with Gasteiger partial charge in [-0.15, -0.1) is 11.8 Å². The molecule has 0 amide bonds. The number of ether oxygens (including phenoxy) is 1. The van der Waals surface area contributed by atoms with Crippen molar-refractivity contribution in [1.29, 1.82) is 0 Å². The highest BCUT2D eigenvalue weighted by Gasteiger charge is 2.28. The molecule has 0 aromatic heterocycles. The highest BCUT2D eigenvalue weighted by Crippen LogP contribution is 2.26. The van der Waals surface area contributed by atoms with Crippen molar-refractivity contribution in [3.05, 3.63) is 35.9 Å². The Morgan fingerprint density at radius 2 is 2.20 bits per heavy atom. The zero-order valence-corrected chi connectivity index (χ0v) is 12.9. The van der Waals surface area contributed by atoms with Crippen LogP contribution in [0.25, 0.3) is 0 Å². The first-order chi connectivity index (χ1) is 9.70. The van der Waals surface area contributed by atoms with Crippen LogP contribution >= 0.6 is 11.8 Å². The van der Waals surface area contributed by atoms with Gasteiger partial charge >= 0.3 is 5.97 Å². The van der Waals surface area contributed by atoms with Crippen LogP contribution in [0, 0.1) is 5.92 Å². The van der Waals surface area contributed by atoms with Crippen LogP contribution < -0.4 is 0 Å². The normalized spacial score (nSPS) is 19.5. The summed E-state index contributed by atoms with van der Waals surface area (Å²) in [5, 5.41) is 1.11. The number of thioether (sulfide) groups is 1. The van der Waals surface area contributed by atoms with E-state index in [0.717, 1.165) is 29.2 Å². The molecule has 0 aliphatic carbocycles. The van der Waals surface area contributed by atoms with E-state index in [1.807, 2.05) is 30.3 Å². The first-order valence-electron chi connectivity index (χ1n) is 7.11. The van der Waals surface area contributed by atoms with Gasteiger partial charge in [0.2, 0.25) is 0 Å². The van der Waals surface area contributed by atoms with Crippen LogP contribution in [-0.2, 0) is 16.1 Å². The molecule has 108 valence electrons. The summed E-state index contributed by atoms with van der Waals surface area (Å²) in [7, 11) is 0. The van der Waals surface area contributed by atoms with Gasteiger partial charge in [0.05, 0.1) is 5.04 Å². The molecule has 4 heteroatoms. The van der Waals surface area contributed by atoms with Crippen LogP contribution in [0.4, 0.5) is 0 Å². The van der Waals surface area contributed by atoms with E-state index < -0.39 is 0 Å². The molecule has 0 spiro atoms. The van der Waals surface area contributed by atoms with Gasteiger partial charge in [0.25, 0.3) is 0 Å². The zero-order valence-electron chi connectivity index (χ0n) is 12.0. The second kappa shape index (κ2) is 7.48. The average molecular weight is 291 g/mol. The number of carbonyl (C=O) groups excluding carboxylic acids is 1. The smallest absolute Gasteiger partial charge is 0.332 e. The SMILES string of the molecule is CCCC(C)C1=NC(C(=O)OCc2ccccc2)CS1. The van der Waals surface area contributed by atoms with E-state index in [9.17, 15) is 4.79 Å². The molecular weight excluding hydrogens is 270 g/mol. The van der Waals surface area contributed by atoms with E-state index in [4.69, 9.17) is 4.74 Å². The third-order valence-corrected chi connectivity index (χ3v) is 4.60. The first-order valence-corrected chi connectivity index (χ1v) is 8.10.